The van der Waals surface area contributed by atoms with Crippen LogP contribution < -0.4 is 0 Å². The van der Waals surface area contributed by atoms with Crippen LogP contribution in [0.4, 0.5) is 0 Å². The summed E-state index contributed by atoms with van der Waals surface area (Å²) in [6.45, 7) is 5.10. The maximum atomic E-state index is 11.8. The van der Waals surface area contributed by atoms with Crippen molar-refractivity contribution in [3.63, 3.8) is 0 Å². The first-order valence-electron chi connectivity index (χ1n) is 5.88. The summed E-state index contributed by atoms with van der Waals surface area (Å²) >= 11 is 0. The highest BCUT2D eigenvalue weighted by atomic mass is 16.5. The van der Waals surface area contributed by atoms with Crippen molar-refractivity contribution in [2.75, 3.05) is 6.61 Å². The molecule has 0 aromatic heterocycles. The fourth-order valence-corrected chi connectivity index (χ4v) is 2.06. The maximum absolute atomic E-state index is 11.8. The molecule has 0 N–H and O–H groups in total. The number of hydrogen-bond donors (Lipinski definition) is 0. The fraction of sp³-hybridized carbons (Fsp3) is 0.917. The van der Waals surface area contributed by atoms with Gasteiger partial charge in [0.05, 0.1) is 0 Å². The third-order valence-electron chi connectivity index (χ3n) is 2.87. The highest BCUT2D eigenvalue weighted by Gasteiger charge is 2.22. The molecule has 0 bridgehead atoms. The SMILES string of the molecule is CCCC(C)CC(=O)C1CCCCO1. The lowest BCUT2D eigenvalue weighted by atomic mass is 9.95. The predicted octanol–water partition coefficient (Wildman–Crippen LogP) is 2.95. The van der Waals surface area contributed by atoms with E-state index in [1.165, 1.54) is 6.42 Å². The van der Waals surface area contributed by atoms with E-state index in [1.54, 1.807) is 0 Å². The van der Waals surface area contributed by atoms with Crippen LogP contribution in [0.3, 0.4) is 0 Å². The van der Waals surface area contributed by atoms with E-state index < -0.39 is 0 Å². The Morgan fingerprint density at radius 1 is 1.50 bits per heavy atom. The molecule has 2 heteroatoms. The molecule has 1 saturated heterocycles. The Labute approximate surface area is 87.0 Å². The number of Topliss-reactive ketones (excluding diaryl/α,β-unsaturated/α-hetero) is 1. The predicted molar refractivity (Wildman–Crippen MR) is 57.3 cm³/mol. The van der Waals surface area contributed by atoms with E-state index in [4.69, 9.17) is 4.74 Å². The molecule has 0 spiro atoms. The average Bonchev–Trinajstić information content (AvgIpc) is 2.19. The molecule has 1 heterocycles. The first-order valence-corrected chi connectivity index (χ1v) is 5.88. The van der Waals surface area contributed by atoms with Crippen LogP contribution in [0.15, 0.2) is 0 Å². The van der Waals surface area contributed by atoms with E-state index >= 15 is 0 Å². The van der Waals surface area contributed by atoms with Gasteiger partial charge in [-0.05, 0) is 25.2 Å². The Kier molecular flexibility index (Phi) is 5.16. The maximum Gasteiger partial charge on any atom is 0.161 e. The summed E-state index contributed by atoms with van der Waals surface area (Å²) in [6.07, 6.45) is 6.16. The van der Waals surface area contributed by atoms with Crippen LogP contribution in [0.2, 0.25) is 0 Å². The van der Waals surface area contributed by atoms with Gasteiger partial charge >= 0.3 is 0 Å². The van der Waals surface area contributed by atoms with Crippen molar-refractivity contribution in [1.82, 2.24) is 0 Å². The molecule has 1 fully saturated rings. The van der Waals surface area contributed by atoms with E-state index in [2.05, 4.69) is 13.8 Å². The van der Waals surface area contributed by atoms with Crippen LogP contribution in [0.1, 0.15) is 52.4 Å². The van der Waals surface area contributed by atoms with Gasteiger partial charge in [-0.2, -0.15) is 0 Å². The van der Waals surface area contributed by atoms with E-state index in [0.29, 0.717) is 18.1 Å². The van der Waals surface area contributed by atoms with Gasteiger partial charge in [0, 0.05) is 13.0 Å². The minimum atomic E-state index is -0.0805. The van der Waals surface area contributed by atoms with Crippen LogP contribution in [0.25, 0.3) is 0 Å². The smallest absolute Gasteiger partial charge is 0.161 e. The van der Waals surface area contributed by atoms with Gasteiger partial charge in [-0.25, -0.2) is 0 Å². The van der Waals surface area contributed by atoms with E-state index in [-0.39, 0.29) is 6.10 Å². The summed E-state index contributed by atoms with van der Waals surface area (Å²) in [6, 6.07) is 0. The van der Waals surface area contributed by atoms with Gasteiger partial charge in [0.25, 0.3) is 0 Å². The van der Waals surface area contributed by atoms with Crippen molar-refractivity contribution in [2.24, 2.45) is 5.92 Å². The Morgan fingerprint density at radius 2 is 2.29 bits per heavy atom. The molecule has 0 amide bonds. The minimum Gasteiger partial charge on any atom is -0.370 e. The highest BCUT2D eigenvalue weighted by Crippen LogP contribution is 2.18. The fourth-order valence-electron chi connectivity index (χ4n) is 2.06. The lowest BCUT2D eigenvalue weighted by Gasteiger charge is -2.22. The second kappa shape index (κ2) is 6.18. The van der Waals surface area contributed by atoms with Gasteiger partial charge in [0.15, 0.2) is 5.78 Å². The van der Waals surface area contributed by atoms with E-state index in [1.807, 2.05) is 0 Å². The molecular formula is C12H22O2. The molecule has 14 heavy (non-hydrogen) atoms. The standard InChI is InChI=1S/C12H22O2/c1-3-6-10(2)9-11(13)12-7-4-5-8-14-12/h10,12H,3-9H2,1-2H3. The molecule has 1 rings (SSSR count). The molecule has 2 nitrogen and oxygen atoms in total. The third kappa shape index (κ3) is 3.79. The Bertz CT molecular complexity index is 171. The molecule has 0 saturated carbocycles. The van der Waals surface area contributed by atoms with Crippen LogP contribution in [0, 0.1) is 5.92 Å². The zero-order valence-electron chi connectivity index (χ0n) is 9.42. The molecule has 1 aliphatic rings. The zero-order chi connectivity index (χ0) is 10.4. The topological polar surface area (TPSA) is 26.3 Å². The summed E-state index contributed by atoms with van der Waals surface area (Å²) in [4.78, 5) is 11.8. The second-order valence-corrected chi connectivity index (χ2v) is 4.42. The van der Waals surface area contributed by atoms with Crippen molar-refractivity contribution in [3.05, 3.63) is 0 Å². The van der Waals surface area contributed by atoms with Crippen molar-refractivity contribution >= 4 is 5.78 Å². The highest BCUT2D eigenvalue weighted by molar-refractivity contribution is 5.83. The van der Waals surface area contributed by atoms with Crippen molar-refractivity contribution in [3.8, 4) is 0 Å². The third-order valence-corrected chi connectivity index (χ3v) is 2.87. The summed E-state index contributed by atoms with van der Waals surface area (Å²) in [7, 11) is 0. The molecule has 0 aromatic rings. The van der Waals surface area contributed by atoms with E-state index in [0.717, 1.165) is 32.3 Å². The van der Waals surface area contributed by atoms with Gasteiger partial charge in [-0.1, -0.05) is 26.7 Å². The van der Waals surface area contributed by atoms with E-state index in [9.17, 15) is 4.79 Å². The Morgan fingerprint density at radius 3 is 2.86 bits per heavy atom. The van der Waals surface area contributed by atoms with Crippen LogP contribution >= 0.6 is 0 Å². The first kappa shape index (κ1) is 11.7. The van der Waals surface area contributed by atoms with Gasteiger partial charge in [0.1, 0.15) is 6.10 Å². The summed E-state index contributed by atoms with van der Waals surface area (Å²) < 4.78 is 5.47. The number of carbonyl (C=O) groups is 1. The summed E-state index contributed by atoms with van der Waals surface area (Å²) in [5.41, 5.74) is 0. The lowest BCUT2D eigenvalue weighted by molar-refractivity contribution is -0.134. The zero-order valence-corrected chi connectivity index (χ0v) is 9.42. The number of ether oxygens (including phenoxy) is 1. The molecule has 0 aliphatic carbocycles. The Balaban J connectivity index is 2.25. The molecular weight excluding hydrogens is 176 g/mol. The Hall–Kier alpha value is -0.370. The molecule has 1 aliphatic heterocycles. The molecule has 82 valence electrons. The van der Waals surface area contributed by atoms with Gasteiger partial charge in [0.2, 0.25) is 0 Å². The quantitative estimate of drug-likeness (QED) is 0.679. The monoisotopic (exact) mass is 198 g/mol. The average molecular weight is 198 g/mol. The number of rotatable bonds is 5. The normalized spacial score (nSPS) is 24.6. The first-order chi connectivity index (χ1) is 6.74. The molecule has 0 aromatic carbocycles. The van der Waals surface area contributed by atoms with Gasteiger partial charge in [-0.3, -0.25) is 4.79 Å². The van der Waals surface area contributed by atoms with Crippen molar-refractivity contribution < 1.29 is 9.53 Å². The van der Waals surface area contributed by atoms with Crippen LogP contribution in [0.5, 0.6) is 0 Å². The summed E-state index contributed by atoms with van der Waals surface area (Å²) in [5, 5.41) is 0. The van der Waals surface area contributed by atoms with Gasteiger partial charge in [-0.15, -0.1) is 0 Å². The van der Waals surface area contributed by atoms with Crippen LogP contribution in [-0.4, -0.2) is 18.5 Å². The second-order valence-electron chi connectivity index (χ2n) is 4.42. The van der Waals surface area contributed by atoms with Gasteiger partial charge < -0.3 is 4.74 Å². The lowest BCUT2D eigenvalue weighted by Crippen LogP contribution is -2.29. The largest absolute Gasteiger partial charge is 0.370 e. The molecule has 0 radical (unpaired) electrons. The summed E-state index contributed by atoms with van der Waals surface area (Å²) in [5.74, 6) is 0.851. The number of carbonyl (C=O) groups excluding carboxylic acids is 1. The van der Waals surface area contributed by atoms with Crippen LogP contribution in [-0.2, 0) is 9.53 Å². The minimum absolute atomic E-state index is 0.0805. The molecule has 2 unspecified atom stereocenters. The van der Waals surface area contributed by atoms with Crippen molar-refractivity contribution in [2.45, 2.75) is 58.5 Å². The van der Waals surface area contributed by atoms with Crippen molar-refractivity contribution in [1.29, 1.82) is 0 Å². The number of ketones is 1. The molecule has 2 atom stereocenters. The number of hydrogen-bond acceptors (Lipinski definition) is 2.